The standard InChI is InChI=1S/C19H14FN.ClH/c20-17-6-7-18-14(4-5-15(18)11-17)10-13-2-1-3-16-12-21-9-8-19(13)16;/h1-3,6-12H,4-5H2;1H/b14-10+;. The van der Waals surface area contributed by atoms with Crippen LogP contribution in [0.1, 0.15) is 23.1 Å². The lowest BCUT2D eigenvalue weighted by Crippen LogP contribution is -1.84. The Hall–Kier alpha value is -2.19. The first-order valence-corrected chi connectivity index (χ1v) is 7.13. The van der Waals surface area contributed by atoms with Crippen molar-refractivity contribution in [1.29, 1.82) is 0 Å². The van der Waals surface area contributed by atoms with E-state index in [1.807, 2.05) is 24.5 Å². The van der Waals surface area contributed by atoms with Gasteiger partial charge in [-0.1, -0.05) is 30.3 Å². The number of hydrogen-bond donors (Lipinski definition) is 0. The SMILES string of the molecule is Cl.Fc1ccc2c(c1)CC/C2=C\c1cccc2cnccc12. The maximum atomic E-state index is 13.3. The first-order valence-electron chi connectivity index (χ1n) is 7.13. The largest absolute Gasteiger partial charge is 0.264 e. The van der Waals surface area contributed by atoms with Gasteiger partial charge in [-0.25, -0.2) is 4.39 Å². The lowest BCUT2D eigenvalue weighted by molar-refractivity contribution is 0.626. The molecule has 0 spiro atoms. The molecule has 1 nitrogen and oxygen atoms in total. The molecule has 1 aliphatic rings. The van der Waals surface area contributed by atoms with Crippen LogP contribution in [0.3, 0.4) is 0 Å². The van der Waals surface area contributed by atoms with Gasteiger partial charge in [0, 0.05) is 17.8 Å². The zero-order valence-electron chi connectivity index (χ0n) is 11.9. The minimum atomic E-state index is -0.147. The van der Waals surface area contributed by atoms with Gasteiger partial charge in [0.2, 0.25) is 0 Å². The van der Waals surface area contributed by atoms with Gasteiger partial charge in [-0.3, -0.25) is 4.98 Å². The maximum absolute atomic E-state index is 13.3. The highest BCUT2D eigenvalue weighted by molar-refractivity contribution is 5.96. The van der Waals surface area contributed by atoms with Crippen molar-refractivity contribution in [2.24, 2.45) is 0 Å². The Morgan fingerprint density at radius 3 is 2.86 bits per heavy atom. The summed E-state index contributed by atoms with van der Waals surface area (Å²) in [6, 6.07) is 13.4. The molecule has 0 bridgehead atoms. The van der Waals surface area contributed by atoms with Gasteiger partial charge in [0.1, 0.15) is 5.82 Å². The fourth-order valence-electron chi connectivity index (χ4n) is 3.10. The Labute approximate surface area is 134 Å². The van der Waals surface area contributed by atoms with E-state index in [0.29, 0.717) is 0 Å². The number of hydrogen-bond acceptors (Lipinski definition) is 1. The number of allylic oxidation sites excluding steroid dienone is 1. The van der Waals surface area contributed by atoms with Gasteiger partial charge in [0.15, 0.2) is 0 Å². The van der Waals surface area contributed by atoms with E-state index >= 15 is 0 Å². The van der Waals surface area contributed by atoms with Gasteiger partial charge in [0.25, 0.3) is 0 Å². The number of aromatic nitrogens is 1. The van der Waals surface area contributed by atoms with Crippen molar-refractivity contribution in [1.82, 2.24) is 4.98 Å². The van der Waals surface area contributed by atoms with Crippen molar-refractivity contribution < 1.29 is 4.39 Å². The van der Waals surface area contributed by atoms with Crippen LogP contribution in [-0.4, -0.2) is 4.98 Å². The summed E-state index contributed by atoms with van der Waals surface area (Å²) < 4.78 is 13.3. The minimum Gasteiger partial charge on any atom is -0.264 e. The summed E-state index contributed by atoms with van der Waals surface area (Å²) in [4.78, 5) is 4.17. The van der Waals surface area contributed by atoms with Crippen LogP contribution < -0.4 is 0 Å². The van der Waals surface area contributed by atoms with Crippen LogP contribution in [0.2, 0.25) is 0 Å². The summed E-state index contributed by atoms with van der Waals surface area (Å²) in [6.07, 6.45) is 7.83. The Balaban J connectivity index is 0.00000144. The molecule has 0 saturated heterocycles. The van der Waals surface area contributed by atoms with Gasteiger partial charge in [0.05, 0.1) is 0 Å². The Kier molecular flexibility index (Phi) is 3.95. The summed E-state index contributed by atoms with van der Waals surface area (Å²) in [6.45, 7) is 0. The summed E-state index contributed by atoms with van der Waals surface area (Å²) in [7, 11) is 0. The smallest absolute Gasteiger partial charge is 0.123 e. The Morgan fingerprint density at radius 2 is 1.95 bits per heavy atom. The number of benzene rings is 2. The molecule has 4 rings (SSSR count). The van der Waals surface area contributed by atoms with Crippen LogP contribution in [0.15, 0.2) is 54.9 Å². The zero-order valence-corrected chi connectivity index (χ0v) is 12.7. The number of pyridine rings is 1. The number of fused-ring (bicyclic) bond motifs is 2. The molecule has 0 fully saturated rings. The predicted octanol–water partition coefficient (Wildman–Crippen LogP) is 5.28. The van der Waals surface area contributed by atoms with Crippen LogP contribution in [0, 0.1) is 5.82 Å². The van der Waals surface area contributed by atoms with E-state index in [0.717, 1.165) is 23.8 Å². The minimum absolute atomic E-state index is 0. The van der Waals surface area contributed by atoms with E-state index in [1.54, 1.807) is 12.1 Å². The van der Waals surface area contributed by atoms with E-state index in [-0.39, 0.29) is 18.2 Å². The van der Waals surface area contributed by atoms with Gasteiger partial charge in [-0.15, -0.1) is 12.4 Å². The van der Waals surface area contributed by atoms with Gasteiger partial charge in [-0.2, -0.15) is 0 Å². The molecular weight excluding hydrogens is 297 g/mol. The fourth-order valence-corrected chi connectivity index (χ4v) is 3.10. The fraction of sp³-hybridized carbons (Fsp3) is 0.105. The van der Waals surface area contributed by atoms with E-state index in [2.05, 4.69) is 29.3 Å². The molecule has 1 aromatic heterocycles. The average molecular weight is 312 g/mol. The number of halogens is 2. The summed E-state index contributed by atoms with van der Waals surface area (Å²) in [5.41, 5.74) is 4.78. The molecule has 0 aliphatic heterocycles. The molecule has 0 unspecified atom stereocenters. The van der Waals surface area contributed by atoms with Gasteiger partial charge in [-0.05, 0) is 58.7 Å². The van der Waals surface area contributed by atoms with Gasteiger partial charge >= 0.3 is 0 Å². The van der Waals surface area contributed by atoms with Gasteiger partial charge < -0.3 is 0 Å². The topological polar surface area (TPSA) is 12.9 Å². The lowest BCUT2D eigenvalue weighted by Gasteiger charge is -2.05. The molecule has 1 aliphatic carbocycles. The van der Waals surface area contributed by atoms with Crippen LogP contribution in [0.4, 0.5) is 4.39 Å². The predicted molar refractivity (Wildman–Crippen MR) is 91.6 cm³/mol. The second kappa shape index (κ2) is 5.90. The molecule has 3 aromatic rings. The van der Waals surface area contributed by atoms with E-state index in [9.17, 15) is 4.39 Å². The van der Waals surface area contributed by atoms with Crippen LogP contribution >= 0.6 is 12.4 Å². The second-order valence-electron chi connectivity index (χ2n) is 5.42. The molecular formula is C19H15ClFN. The third-order valence-electron chi connectivity index (χ3n) is 4.12. The van der Waals surface area contributed by atoms with Crippen molar-refractivity contribution in [3.63, 3.8) is 0 Å². The first kappa shape index (κ1) is 14.7. The zero-order chi connectivity index (χ0) is 14.2. The molecule has 0 N–H and O–H groups in total. The molecule has 110 valence electrons. The highest BCUT2D eigenvalue weighted by Gasteiger charge is 2.16. The summed E-state index contributed by atoms with van der Waals surface area (Å²) in [5.74, 6) is -0.147. The average Bonchev–Trinajstić information content (AvgIpc) is 2.90. The van der Waals surface area contributed by atoms with E-state index in [1.165, 1.54) is 22.1 Å². The number of aryl methyl sites for hydroxylation is 1. The molecule has 1 heterocycles. The van der Waals surface area contributed by atoms with Crippen LogP contribution in [0.25, 0.3) is 22.4 Å². The molecule has 22 heavy (non-hydrogen) atoms. The molecule has 3 heteroatoms. The summed E-state index contributed by atoms with van der Waals surface area (Å²) in [5, 5.41) is 2.35. The van der Waals surface area contributed by atoms with E-state index < -0.39 is 0 Å². The maximum Gasteiger partial charge on any atom is 0.123 e. The van der Waals surface area contributed by atoms with Crippen molar-refractivity contribution in [3.8, 4) is 0 Å². The Bertz CT molecular complexity index is 865. The van der Waals surface area contributed by atoms with Crippen molar-refractivity contribution in [2.75, 3.05) is 0 Å². The molecule has 0 amide bonds. The number of nitrogens with zero attached hydrogens (tertiary/aromatic N) is 1. The molecule has 0 atom stereocenters. The van der Waals surface area contributed by atoms with E-state index in [4.69, 9.17) is 0 Å². The molecule has 2 aromatic carbocycles. The summed E-state index contributed by atoms with van der Waals surface area (Å²) >= 11 is 0. The van der Waals surface area contributed by atoms with Crippen LogP contribution in [0.5, 0.6) is 0 Å². The van der Waals surface area contributed by atoms with Crippen molar-refractivity contribution >= 4 is 34.8 Å². The number of rotatable bonds is 1. The molecule has 0 saturated carbocycles. The monoisotopic (exact) mass is 311 g/mol. The Morgan fingerprint density at radius 1 is 1.05 bits per heavy atom. The van der Waals surface area contributed by atoms with Crippen molar-refractivity contribution in [3.05, 3.63) is 77.4 Å². The van der Waals surface area contributed by atoms with Crippen LogP contribution in [-0.2, 0) is 6.42 Å². The normalized spacial score (nSPS) is 14.9. The quantitative estimate of drug-likeness (QED) is 0.595. The van der Waals surface area contributed by atoms with Crippen molar-refractivity contribution in [2.45, 2.75) is 12.8 Å². The highest BCUT2D eigenvalue weighted by Crippen LogP contribution is 2.35. The third-order valence-corrected chi connectivity index (χ3v) is 4.12. The second-order valence-corrected chi connectivity index (χ2v) is 5.42. The first-order chi connectivity index (χ1) is 10.3. The molecule has 0 radical (unpaired) electrons. The lowest BCUT2D eigenvalue weighted by atomic mass is 10.0. The highest BCUT2D eigenvalue weighted by atomic mass is 35.5. The third kappa shape index (κ3) is 2.51.